The molecule has 1 fully saturated rings. The maximum atomic E-state index is 13.0. The van der Waals surface area contributed by atoms with Gasteiger partial charge in [-0.3, -0.25) is 9.59 Å². The Kier molecular flexibility index (Phi) is 5.69. The van der Waals surface area contributed by atoms with Crippen LogP contribution in [0.2, 0.25) is 0 Å². The molecule has 1 saturated heterocycles. The van der Waals surface area contributed by atoms with Crippen molar-refractivity contribution in [2.24, 2.45) is 0 Å². The van der Waals surface area contributed by atoms with E-state index in [2.05, 4.69) is 0 Å². The number of rotatable bonds is 6. The topological polar surface area (TPSA) is 85.3 Å². The van der Waals surface area contributed by atoms with Crippen molar-refractivity contribution in [3.63, 3.8) is 0 Å². The normalized spacial score (nSPS) is 21.8. The van der Waals surface area contributed by atoms with E-state index in [1.165, 1.54) is 12.0 Å². The fraction of sp³-hybridized carbons (Fsp3) is 0.333. The molecule has 2 aliphatic rings. The Morgan fingerprint density at radius 2 is 1.90 bits per heavy atom. The van der Waals surface area contributed by atoms with Gasteiger partial charge in [-0.1, -0.05) is 12.1 Å². The summed E-state index contributed by atoms with van der Waals surface area (Å²) in [7, 11) is 3.10. The maximum absolute atomic E-state index is 13.0. The van der Waals surface area contributed by atoms with Crippen LogP contribution in [-0.4, -0.2) is 55.2 Å². The van der Waals surface area contributed by atoms with Crippen LogP contribution in [0.5, 0.6) is 11.5 Å². The number of benzene rings is 2. The largest absolute Gasteiger partial charge is 0.507 e. The number of methoxy groups -OCH3 is 2. The van der Waals surface area contributed by atoms with Gasteiger partial charge in [-0.25, -0.2) is 0 Å². The number of carbonyl (C=O) groups excluding carboxylic acids is 2. The SMILES string of the molecule is COCCN1C(=O)C(=O)/C(=C(\O)c2ccc3c(c2)CC(C)O3)C1c1ccc(OC)cc1. The maximum Gasteiger partial charge on any atom is 0.295 e. The molecule has 1 N–H and O–H groups in total. The van der Waals surface area contributed by atoms with Crippen molar-refractivity contribution >= 4 is 17.4 Å². The van der Waals surface area contributed by atoms with Gasteiger partial charge >= 0.3 is 0 Å². The van der Waals surface area contributed by atoms with Crippen LogP contribution in [0.25, 0.3) is 5.76 Å². The van der Waals surface area contributed by atoms with Gasteiger partial charge in [-0.2, -0.15) is 0 Å². The lowest BCUT2D eigenvalue weighted by molar-refractivity contribution is -0.140. The third-order valence-electron chi connectivity index (χ3n) is 5.68. The van der Waals surface area contributed by atoms with Crippen LogP contribution in [0.3, 0.4) is 0 Å². The molecule has 0 radical (unpaired) electrons. The molecule has 2 aliphatic heterocycles. The standard InChI is InChI=1S/C24H25NO6/c1-14-12-17-13-16(6-9-19(17)31-14)22(26)20-21(15-4-7-18(30-3)8-5-15)25(10-11-29-2)24(28)23(20)27/h4-9,13-14,21,26H,10-12H2,1-3H3/b22-20-. The number of aliphatic hydroxyl groups excluding tert-OH is 1. The van der Waals surface area contributed by atoms with Gasteiger partial charge in [0.25, 0.3) is 11.7 Å². The summed E-state index contributed by atoms with van der Waals surface area (Å²) in [5, 5.41) is 11.2. The van der Waals surface area contributed by atoms with E-state index in [0.29, 0.717) is 16.9 Å². The van der Waals surface area contributed by atoms with Crippen LogP contribution in [-0.2, 0) is 20.7 Å². The summed E-state index contributed by atoms with van der Waals surface area (Å²) in [6.07, 6.45) is 0.784. The second-order valence-corrected chi connectivity index (χ2v) is 7.71. The zero-order chi connectivity index (χ0) is 22.1. The Balaban J connectivity index is 1.81. The molecule has 0 aliphatic carbocycles. The smallest absolute Gasteiger partial charge is 0.295 e. The number of likely N-dealkylation sites (tertiary alicyclic amines) is 1. The average molecular weight is 423 g/mol. The zero-order valence-electron chi connectivity index (χ0n) is 17.8. The Hall–Kier alpha value is -3.32. The van der Waals surface area contributed by atoms with Gasteiger partial charge in [-0.15, -0.1) is 0 Å². The number of hydrogen-bond acceptors (Lipinski definition) is 6. The van der Waals surface area contributed by atoms with Crippen LogP contribution < -0.4 is 9.47 Å². The minimum Gasteiger partial charge on any atom is -0.507 e. The highest BCUT2D eigenvalue weighted by atomic mass is 16.5. The Morgan fingerprint density at radius 3 is 2.58 bits per heavy atom. The van der Waals surface area contributed by atoms with Gasteiger partial charge in [0, 0.05) is 25.6 Å². The summed E-state index contributed by atoms with van der Waals surface area (Å²) in [5.74, 6) is -0.125. The highest BCUT2D eigenvalue weighted by Gasteiger charge is 2.46. The fourth-order valence-electron chi connectivity index (χ4n) is 4.16. The summed E-state index contributed by atoms with van der Waals surface area (Å²) >= 11 is 0. The van der Waals surface area contributed by atoms with Gasteiger partial charge in [0.05, 0.1) is 25.3 Å². The zero-order valence-corrected chi connectivity index (χ0v) is 17.8. The summed E-state index contributed by atoms with van der Waals surface area (Å²) in [4.78, 5) is 27.3. The fourth-order valence-corrected chi connectivity index (χ4v) is 4.16. The average Bonchev–Trinajstić information content (AvgIpc) is 3.27. The molecule has 0 aromatic heterocycles. The van der Waals surface area contributed by atoms with E-state index in [4.69, 9.17) is 14.2 Å². The van der Waals surface area contributed by atoms with Crippen molar-refractivity contribution in [1.82, 2.24) is 4.90 Å². The summed E-state index contributed by atoms with van der Waals surface area (Å²) in [6.45, 7) is 2.47. The first-order valence-electron chi connectivity index (χ1n) is 10.2. The van der Waals surface area contributed by atoms with Gasteiger partial charge in [0.2, 0.25) is 0 Å². The summed E-state index contributed by atoms with van der Waals surface area (Å²) in [5.41, 5.74) is 2.22. The van der Waals surface area contributed by atoms with Crippen molar-refractivity contribution in [3.8, 4) is 11.5 Å². The Labute approximate surface area is 180 Å². The number of carbonyl (C=O) groups is 2. The van der Waals surface area contributed by atoms with Crippen LogP contribution in [0.4, 0.5) is 0 Å². The van der Waals surface area contributed by atoms with Crippen molar-refractivity contribution in [3.05, 3.63) is 64.7 Å². The van der Waals surface area contributed by atoms with Crippen molar-refractivity contribution in [1.29, 1.82) is 0 Å². The molecule has 2 unspecified atom stereocenters. The molecule has 2 atom stereocenters. The molecule has 31 heavy (non-hydrogen) atoms. The second kappa shape index (κ2) is 8.43. The molecule has 0 spiro atoms. The van der Waals surface area contributed by atoms with E-state index in [0.717, 1.165) is 17.7 Å². The van der Waals surface area contributed by atoms with Crippen LogP contribution >= 0.6 is 0 Å². The summed E-state index contributed by atoms with van der Waals surface area (Å²) in [6, 6.07) is 11.7. The first-order valence-corrected chi connectivity index (χ1v) is 10.2. The molecule has 0 bridgehead atoms. The molecule has 4 rings (SSSR count). The molecule has 2 aromatic carbocycles. The second-order valence-electron chi connectivity index (χ2n) is 7.71. The van der Waals surface area contributed by atoms with E-state index in [9.17, 15) is 14.7 Å². The lowest BCUT2D eigenvalue weighted by atomic mass is 9.94. The molecule has 162 valence electrons. The number of amides is 1. The lowest BCUT2D eigenvalue weighted by Crippen LogP contribution is -2.32. The number of hydrogen-bond donors (Lipinski definition) is 1. The molecule has 0 saturated carbocycles. The van der Waals surface area contributed by atoms with E-state index in [1.54, 1.807) is 43.5 Å². The molecule has 1 amide bonds. The van der Waals surface area contributed by atoms with Crippen molar-refractivity contribution in [2.75, 3.05) is 27.4 Å². The lowest BCUT2D eigenvalue weighted by Gasteiger charge is -2.25. The van der Waals surface area contributed by atoms with Crippen LogP contribution in [0, 0.1) is 0 Å². The monoisotopic (exact) mass is 423 g/mol. The van der Waals surface area contributed by atoms with E-state index in [-0.39, 0.29) is 30.6 Å². The first kappa shape index (κ1) is 20.9. The van der Waals surface area contributed by atoms with Gasteiger partial charge < -0.3 is 24.2 Å². The molecule has 2 heterocycles. The number of fused-ring (bicyclic) bond motifs is 1. The first-order chi connectivity index (χ1) is 14.9. The molecule has 2 aromatic rings. The van der Waals surface area contributed by atoms with Crippen LogP contribution in [0.1, 0.15) is 29.7 Å². The third kappa shape index (κ3) is 3.77. The quantitative estimate of drug-likeness (QED) is 0.437. The van der Waals surface area contributed by atoms with Gasteiger partial charge in [0.15, 0.2) is 0 Å². The summed E-state index contributed by atoms with van der Waals surface area (Å²) < 4.78 is 16.1. The van der Waals surface area contributed by atoms with Gasteiger partial charge in [0.1, 0.15) is 23.4 Å². The minimum absolute atomic E-state index is 0.0614. The highest BCUT2D eigenvalue weighted by molar-refractivity contribution is 6.46. The minimum atomic E-state index is -0.718. The number of ether oxygens (including phenoxy) is 3. The Bertz CT molecular complexity index is 1040. The van der Waals surface area contributed by atoms with Crippen molar-refractivity contribution < 1.29 is 28.9 Å². The van der Waals surface area contributed by atoms with E-state index < -0.39 is 17.7 Å². The number of aliphatic hydroxyl groups is 1. The molecule has 7 heteroatoms. The molecule has 7 nitrogen and oxygen atoms in total. The van der Waals surface area contributed by atoms with Gasteiger partial charge in [-0.05, 0) is 48.4 Å². The van der Waals surface area contributed by atoms with E-state index in [1.807, 2.05) is 13.0 Å². The number of ketones is 1. The third-order valence-corrected chi connectivity index (χ3v) is 5.68. The van der Waals surface area contributed by atoms with Crippen LogP contribution in [0.15, 0.2) is 48.0 Å². The highest BCUT2D eigenvalue weighted by Crippen LogP contribution is 2.40. The molecular formula is C24H25NO6. The predicted octanol–water partition coefficient (Wildman–Crippen LogP) is 3.09. The predicted molar refractivity (Wildman–Crippen MR) is 114 cm³/mol. The van der Waals surface area contributed by atoms with E-state index >= 15 is 0 Å². The number of nitrogens with zero attached hydrogens (tertiary/aromatic N) is 1. The Morgan fingerprint density at radius 1 is 1.16 bits per heavy atom. The molecular weight excluding hydrogens is 398 g/mol. The van der Waals surface area contributed by atoms with Crippen molar-refractivity contribution in [2.45, 2.75) is 25.5 Å². The number of Topliss-reactive ketones (excluding diaryl/α,β-unsaturated/α-hetero) is 1.